The molecule has 44 heavy (non-hydrogen) atoms. The minimum atomic E-state index is -4.26. The predicted octanol–water partition coefficient (Wildman–Crippen LogP) is 1.83. The molecule has 2 unspecified atom stereocenters. The molecule has 1 aromatic heterocycles. The van der Waals surface area contributed by atoms with Crippen molar-refractivity contribution in [3.05, 3.63) is 70.5 Å². The summed E-state index contributed by atoms with van der Waals surface area (Å²) in [5, 5.41) is 24.9. The van der Waals surface area contributed by atoms with E-state index in [0.29, 0.717) is 28.7 Å². The van der Waals surface area contributed by atoms with Gasteiger partial charge in [-0.2, -0.15) is 9.45 Å². The average Bonchev–Trinajstić information content (AvgIpc) is 3.36. The highest BCUT2D eigenvalue weighted by Gasteiger charge is 2.36. The number of amides is 1. The maximum absolute atomic E-state index is 13.5. The largest absolute Gasteiger partial charge is 0.480 e. The number of imidazole rings is 1. The number of benzene rings is 2. The Hall–Kier alpha value is -4.60. The number of carboxylic acid groups (broad SMARTS) is 1. The van der Waals surface area contributed by atoms with Crippen LogP contribution in [-0.2, 0) is 26.2 Å². The zero-order chi connectivity index (χ0) is 32.2. The number of carbonyl (C=O) groups excluding carboxylic acids is 2. The minimum Gasteiger partial charge on any atom is -0.480 e. The van der Waals surface area contributed by atoms with E-state index < -0.39 is 40.4 Å². The lowest BCUT2D eigenvalue weighted by Gasteiger charge is -2.24. The van der Waals surface area contributed by atoms with E-state index in [1.54, 1.807) is 44.2 Å². The van der Waals surface area contributed by atoms with Gasteiger partial charge in [0.05, 0.1) is 28.9 Å². The molecule has 4 rings (SSSR count). The first-order valence-electron chi connectivity index (χ1n) is 13.9. The normalized spacial score (nSPS) is 15.3. The molecule has 0 aliphatic carbocycles. The summed E-state index contributed by atoms with van der Waals surface area (Å²) < 4.78 is 29.4. The first kappa shape index (κ1) is 32.3. The highest BCUT2D eigenvalue weighted by Crippen LogP contribution is 2.32. The number of fused-ring (bicyclic) bond motifs is 1. The van der Waals surface area contributed by atoms with Crippen molar-refractivity contribution in [1.82, 2.24) is 19.8 Å². The molecule has 0 spiro atoms. The number of nitrogens with one attached hydrogen (secondary N) is 3. The van der Waals surface area contributed by atoms with Crippen LogP contribution in [0.15, 0.2) is 52.6 Å². The first-order chi connectivity index (χ1) is 20.8. The van der Waals surface area contributed by atoms with E-state index in [1.165, 1.54) is 12.4 Å². The van der Waals surface area contributed by atoms with Crippen LogP contribution in [0.4, 0.5) is 11.6 Å². The van der Waals surface area contributed by atoms with Crippen molar-refractivity contribution in [1.29, 1.82) is 0 Å². The molecule has 0 radical (unpaired) electrons. The second-order valence-corrected chi connectivity index (χ2v) is 12.2. The Labute approximate surface area is 254 Å². The summed E-state index contributed by atoms with van der Waals surface area (Å²) in [7, 11) is -4.26. The number of aliphatic carboxylic acids is 1. The fraction of sp³-hybridized carbons (Fsp3) is 0.345. The molecule has 234 valence electrons. The van der Waals surface area contributed by atoms with Gasteiger partial charge in [0, 0.05) is 18.7 Å². The molecule has 15 heteroatoms. The molecule has 0 saturated heterocycles. The summed E-state index contributed by atoms with van der Waals surface area (Å²) in [5.41, 5.74) is 8.56. The van der Waals surface area contributed by atoms with Gasteiger partial charge in [-0.3, -0.25) is 14.4 Å². The Bertz CT molecular complexity index is 1710. The van der Waals surface area contributed by atoms with Crippen LogP contribution in [0.5, 0.6) is 0 Å². The van der Waals surface area contributed by atoms with Crippen molar-refractivity contribution < 1.29 is 33.1 Å². The highest BCUT2D eigenvalue weighted by molar-refractivity contribution is 7.89. The molecule has 1 aliphatic rings. The van der Waals surface area contributed by atoms with Crippen LogP contribution >= 0.6 is 0 Å². The van der Waals surface area contributed by atoms with E-state index in [9.17, 15) is 33.1 Å². The van der Waals surface area contributed by atoms with Crippen LogP contribution in [0.1, 0.15) is 45.5 Å². The predicted molar refractivity (Wildman–Crippen MR) is 162 cm³/mol. The molecule has 0 bridgehead atoms. The van der Waals surface area contributed by atoms with Crippen molar-refractivity contribution in [3.8, 4) is 0 Å². The summed E-state index contributed by atoms with van der Waals surface area (Å²) >= 11 is 0. The molecule has 2 atom stereocenters. The third-order valence-corrected chi connectivity index (χ3v) is 8.93. The molecule has 0 fully saturated rings. The van der Waals surface area contributed by atoms with Crippen LogP contribution < -0.4 is 21.1 Å². The number of ketones is 1. The van der Waals surface area contributed by atoms with Gasteiger partial charge in [0.25, 0.3) is 5.91 Å². The Balaban J connectivity index is 1.56. The first-order valence-corrected chi connectivity index (χ1v) is 15.3. The van der Waals surface area contributed by atoms with Crippen LogP contribution in [0.2, 0.25) is 0 Å². The number of carboxylic acids is 1. The van der Waals surface area contributed by atoms with E-state index >= 15 is 0 Å². The summed E-state index contributed by atoms with van der Waals surface area (Å²) in [6.07, 6.45) is 3.44. The molecule has 2 aromatic carbocycles. The number of aromatic nitrogens is 2. The second-order valence-electron chi connectivity index (χ2n) is 10.6. The van der Waals surface area contributed by atoms with Gasteiger partial charge in [0.2, 0.25) is 16.0 Å². The maximum Gasteiger partial charge on any atom is 0.323 e. The Kier molecular flexibility index (Phi) is 9.81. The van der Waals surface area contributed by atoms with E-state index in [-0.39, 0.29) is 47.5 Å². The number of sulfonamides is 1. The van der Waals surface area contributed by atoms with E-state index in [2.05, 4.69) is 25.3 Å². The van der Waals surface area contributed by atoms with Gasteiger partial charge >= 0.3 is 5.97 Å². The molecule has 1 aliphatic heterocycles. The lowest BCUT2D eigenvalue weighted by atomic mass is 9.85. The number of rotatable bonds is 13. The summed E-state index contributed by atoms with van der Waals surface area (Å²) in [4.78, 5) is 47.3. The molecule has 7 N–H and O–H groups in total. The third-order valence-electron chi connectivity index (χ3n) is 7.15. The molecule has 1 amide bonds. The van der Waals surface area contributed by atoms with E-state index in [1.807, 2.05) is 6.92 Å². The molecule has 2 heterocycles. The van der Waals surface area contributed by atoms with Crippen molar-refractivity contribution in [2.45, 2.75) is 51.1 Å². The van der Waals surface area contributed by atoms with Gasteiger partial charge in [-0.15, -0.1) is 0 Å². The number of Topliss-reactive ketones (excluding diaryl/α,β-unsaturated/α-hetero) is 1. The molecule has 14 nitrogen and oxygen atoms in total. The number of nitrogens with two attached hydrogens (primary N) is 1. The monoisotopic (exact) mass is 625 g/mol. The fourth-order valence-electron chi connectivity index (χ4n) is 5.21. The van der Waals surface area contributed by atoms with E-state index in [0.717, 1.165) is 10.3 Å². The van der Waals surface area contributed by atoms with Gasteiger partial charge in [0.15, 0.2) is 5.78 Å². The third kappa shape index (κ3) is 7.12. The van der Waals surface area contributed by atoms with Crippen molar-refractivity contribution >= 4 is 45.0 Å². The standard InChI is InChI=1S/C29H35N7O7S/c1-16-11-17(2)26(18(3)12-16)44(42,43)35-23(28(39)40)15-32-27(38)24-21(5-4-8-30)25(37)20-7-6-19(13-22(20)34-24)14-33-29-31-9-10-36(29)41/h6-7,9-13,21,23,35,41H,4-5,8,14-15,30H2,1-3H3,(H,31,33)(H,32,38)(H,39,40). The average molecular weight is 626 g/mol. The number of hydrogen-bond donors (Lipinski definition) is 6. The van der Waals surface area contributed by atoms with Gasteiger partial charge in [0.1, 0.15) is 11.8 Å². The van der Waals surface area contributed by atoms with Crippen LogP contribution in [0.3, 0.4) is 0 Å². The number of carbonyl (C=O) groups is 3. The Morgan fingerprint density at radius 2 is 1.84 bits per heavy atom. The van der Waals surface area contributed by atoms with Crippen molar-refractivity contribution in [2.24, 2.45) is 16.6 Å². The zero-order valence-corrected chi connectivity index (χ0v) is 25.3. The fourth-order valence-corrected chi connectivity index (χ4v) is 6.85. The zero-order valence-electron chi connectivity index (χ0n) is 24.5. The van der Waals surface area contributed by atoms with E-state index in [4.69, 9.17) is 5.73 Å². The number of aryl methyl sites for hydroxylation is 3. The highest BCUT2D eigenvalue weighted by atomic mass is 32.2. The lowest BCUT2D eigenvalue weighted by molar-refractivity contribution is -0.138. The summed E-state index contributed by atoms with van der Waals surface area (Å²) in [5.74, 6) is -3.34. The molecular formula is C29H35N7O7S. The van der Waals surface area contributed by atoms with Gasteiger partial charge in [-0.05, 0) is 69.0 Å². The van der Waals surface area contributed by atoms with Gasteiger partial charge < -0.3 is 26.7 Å². The van der Waals surface area contributed by atoms with Crippen molar-refractivity contribution in [2.75, 3.05) is 18.4 Å². The number of anilines is 1. The SMILES string of the molecule is Cc1cc(C)c(S(=O)(=O)NC(CNC(=O)C2=Nc3cc(CNc4nccn4O)ccc3C(=O)C2CCCN)C(=O)O)c(C)c1. The smallest absolute Gasteiger partial charge is 0.323 e. The quantitative estimate of drug-likeness (QED) is 0.151. The van der Waals surface area contributed by atoms with Gasteiger partial charge in [-0.25, -0.2) is 18.4 Å². The number of aliphatic imine (C=N–C) groups is 1. The molecular weight excluding hydrogens is 590 g/mol. The second kappa shape index (κ2) is 13.4. The number of nitrogens with zero attached hydrogens (tertiary/aromatic N) is 3. The molecule has 3 aromatic rings. The lowest BCUT2D eigenvalue weighted by Crippen LogP contribution is -2.50. The van der Waals surface area contributed by atoms with Crippen molar-refractivity contribution in [3.63, 3.8) is 0 Å². The Morgan fingerprint density at radius 1 is 1.14 bits per heavy atom. The topological polar surface area (TPSA) is 218 Å². The Morgan fingerprint density at radius 3 is 2.45 bits per heavy atom. The summed E-state index contributed by atoms with van der Waals surface area (Å²) in [6.45, 7) is 4.96. The van der Waals surface area contributed by atoms with Crippen LogP contribution in [-0.4, -0.2) is 70.9 Å². The van der Waals surface area contributed by atoms with Crippen LogP contribution in [0, 0.1) is 26.7 Å². The summed E-state index contributed by atoms with van der Waals surface area (Å²) in [6, 6.07) is 6.61. The minimum absolute atomic E-state index is 0.0327. The maximum atomic E-state index is 13.5. The molecule has 0 saturated carbocycles. The van der Waals surface area contributed by atoms with Crippen LogP contribution in [0.25, 0.3) is 0 Å². The van der Waals surface area contributed by atoms with Gasteiger partial charge in [-0.1, -0.05) is 23.8 Å². The number of hydrogen-bond acceptors (Lipinski definition) is 10.